The number of hydrogen-bond donors (Lipinski definition) is 0. The summed E-state index contributed by atoms with van der Waals surface area (Å²) in [6.45, 7) is 1.52. The Morgan fingerprint density at radius 2 is 1.58 bits per heavy atom. The molecule has 0 aliphatic carbocycles. The van der Waals surface area contributed by atoms with Crippen molar-refractivity contribution in [1.82, 2.24) is 0 Å². The van der Waals surface area contributed by atoms with Crippen LogP contribution in [0.1, 0.15) is 18.1 Å². The van der Waals surface area contributed by atoms with Crippen molar-refractivity contribution in [3.8, 4) is 11.5 Å². The van der Waals surface area contributed by atoms with Crippen LogP contribution in [0, 0.1) is 29.1 Å². The number of hydrogen-bond acceptors (Lipinski definition) is 4. The van der Waals surface area contributed by atoms with Gasteiger partial charge in [0.05, 0.1) is 18.4 Å². The van der Waals surface area contributed by atoms with E-state index in [1.807, 2.05) is 6.07 Å². The molecule has 5 nitrogen and oxygen atoms in total. The van der Waals surface area contributed by atoms with Gasteiger partial charge < -0.3 is 9.47 Å². The fraction of sp³-hybridized carbons (Fsp3) is 0.120. The van der Waals surface area contributed by atoms with E-state index in [9.17, 15) is 26.7 Å². The Morgan fingerprint density at radius 3 is 2.22 bits per heavy atom. The van der Waals surface area contributed by atoms with Crippen LogP contribution in [-0.4, -0.2) is 18.7 Å². The maximum atomic E-state index is 14.2. The van der Waals surface area contributed by atoms with E-state index in [-0.39, 0.29) is 22.9 Å². The smallest absolute Gasteiger partial charge is 0.280 e. The van der Waals surface area contributed by atoms with Crippen LogP contribution in [0.4, 0.5) is 27.6 Å². The second kappa shape index (κ2) is 9.98. The van der Waals surface area contributed by atoms with Gasteiger partial charge in [0.1, 0.15) is 12.3 Å². The molecule has 0 saturated carbocycles. The molecule has 36 heavy (non-hydrogen) atoms. The summed E-state index contributed by atoms with van der Waals surface area (Å²) in [6.07, 6.45) is 1.34. The zero-order valence-corrected chi connectivity index (χ0v) is 19.5. The lowest BCUT2D eigenvalue weighted by molar-refractivity contribution is -0.114. The third-order valence-electron chi connectivity index (χ3n) is 5.30. The third-order valence-corrected chi connectivity index (χ3v) is 5.67. The Kier molecular flexibility index (Phi) is 6.98. The van der Waals surface area contributed by atoms with Gasteiger partial charge in [0.2, 0.25) is 5.82 Å². The summed E-state index contributed by atoms with van der Waals surface area (Å²) in [6, 6.07) is 11.8. The van der Waals surface area contributed by atoms with Crippen molar-refractivity contribution in [1.29, 1.82) is 0 Å². The molecular weight excluding hydrogens is 507 g/mol. The summed E-state index contributed by atoms with van der Waals surface area (Å²) in [5, 5.41) is 4.39. The molecular formula is C25H16ClF5N2O3. The van der Waals surface area contributed by atoms with Gasteiger partial charge in [0, 0.05) is 10.6 Å². The predicted octanol–water partition coefficient (Wildman–Crippen LogP) is 6.43. The van der Waals surface area contributed by atoms with Gasteiger partial charge in [-0.1, -0.05) is 35.9 Å². The first-order chi connectivity index (χ1) is 17.1. The highest BCUT2D eigenvalue weighted by molar-refractivity contribution is 6.32. The van der Waals surface area contributed by atoms with Gasteiger partial charge in [-0.25, -0.2) is 22.0 Å². The summed E-state index contributed by atoms with van der Waals surface area (Å²) in [4.78, 5) is 12.8. The van der Waals surface area contributed by atoms with E-state index in [0.29, 0.717) is 22.1 Å². The highest BCUT2D eigenvalue weighted by atomic mass is 35.5. The number of ether oxygens (including phenoxy) is 2. The number of nitrogens with zero attached hydrogens (tertiary/aromatic N) is 2. The summed E-state index contributed by atoms with van der Waals surface area (Å²) < 4.78 is 80.3. The molecule has 0 spiro atoms. The van der Waals surface area contributed by atoms with Crippen LogP contribution < -0.4 is 14.5 Å². The van der Waals surface area contributed by atoms with E-state index in [1.54, 1.807) is 30.3 Å². The van der Waals surface area contributed by atoms with Crippen molar-refractivity contribution in [2.75, 3.05) is 12.1 Å². The fourth-order valence-electron chi connectivity index (χ4n) is 3.45. The van der Waals surface area contributed by atoms with Gasteiger partial charge in [0.15, 0.2) is 34.8 Å². The van der Waals surface area contributed by atoms with Gasteiger partial charge in [-0.05, 0) is 36.8 Å². The first kappa shape index (κ1) is 25.2. The Hall–Kier alpha value is -3.92. The molecule has 186 valence electrons. The molecule has 0 N–H and O–H groups in total. The summed E-state index contributed by atoms with van der Waals surface area (Å²) in [5.41, 5.74) is -0.397. The molecule has 1 aliphatic heterocycles. The van der Waals surface area contributed by atoms with Crippen LogP contribution in [0.25, 0.3) is 6.08 Å². The number of hydrazone groups is 1. The number of halogens is 6. The van der Waals surface area contributed by atoms with Crippen LogP contribution in [0.15, 0.2) is 53.1 Å². The topological polar surface area (TPSA) is 51.1 Å². The zero-order chi connectivity index (χ0) is 26.1. The standard InChI is InChI=1S/C25H16ClF5N2O3/c1-12-15(25(34)33(32-12)24-22(30)20(28)19(27)21(29)23(24)31)9-13-7-8-17(18(10-13)35-2)36-11-14-5-3-4-6-16(14)26/h3-10H,11H2,1-2H3/b15-9+. The van der Waals surface area contributed by atoms with E-state index in [4.69, 9.17) is 21.1 Å². The Morgan fingerprint density at radius 1 is 0.944 bits per heavy atom. The average Bonchev–Trinajstić information content (AvgIpc) is 3.14. The predicted molar refractivity (Wildman–Crippen MR) is 124 cm³/mol. The molecule has 0 unspecified atom stereocenters. The number of carbonyl (C=O) groups is 1. The minimum absolute atomic E-state index is 0.00181. The van der Waals surface area contributed by atoms with Crippen molar-refractivity contribution in [2.45, 2.75) is 13.5 Å². The van der Waals surface area contributed by atoms with Crippen LogP contribution in [0.5, 0.6) is 11.5 Å². The van der Waals surface area contributed by atoms with Gasteiger partial charge in [-0.3, -0.25) is 4.79 Å². The summed E-state index contributed by atoms with van der Waals surface area (Å²) in [7, 11) is 1.41. The van der Waals surface area contributed by atoms with E-state index < -0.39 is 40.7 Å². The number of anilines is 1. The molecule has 0 saturated heterocycles. The van der Waals surface area contributed by atoms with Gasteiger partial charge in [-0.2, -0.15) is 10.1 Å². The van der Waals surface area contributed by atoms with E-state index in [1.165, 1.54) is 26.2 Å². The van der Waals surface area contributed by atoms with Gasteiger partial charge in [-0.15, -0.1) is 0 Å². The van der Waals surface area contributed by atoms with Crippen LogP contribution in [0.2, 0.25) is 5.02 Å². The van der Waals surface area contributed by atoms with Crippen molar-refractivity contribution in [3.63, 3.8) is 0 Å². The number of amides is 1. The van der Waals surface area contributed by atoms with Gasteiger partial charge in [0.25, 0.3) is 5.91 Å². The molecule has 1 amide bonds. The Bertz CT molecular complexity index is 1410. The van der Waals surface area contributed by atoms with Crippen molar-refractivity contribution < 1.29 is 36.2 Å². The SMILES string of the molecule is COc1cc(/C=C2/C(=O)N(c3c(F)c(F)c(F)c(F)c3F)N=C2C)ccc1OCc1ccccc1Cl. The van der Waals surface area contributed by atoms with Crippen LogP contribution >= 0.6 is 11.6 Å². The van der Waals surface area contributed by atoms with Crippen molar-refractivity contribution in [3.05, 3.63) is 93.3 Å². The fourth-order valence-corrected chi connectivity index (χ4v) is 3.64. The molecule has 3 aromatic rings. The van der Waals surface area contributed by atoms with Gasteiger partial charge >= 0.3 is 0 Å². The van der Waals surface area contributed by atoms with Crippen LogP contribution in [0.3, 0.4) is 0 Å². The Balaban J connectivity index is 1.62. The lowest BCUT2D eigenvalue weighted by Gasteiger charge is -2.15. The third kappa shape index (κ3) is 4.51. The zero-order valence-electron chi connectivity index (χ0n) is 18.7. The van der Waals surface area contributed by atoms with E-state index >= 15 is 0 Å². The number of methoxy groups -OCH3 is 1. The average molecular weight is 523 g/mol. The highest BCUT2D eigenvalue weighted by Crippen LogP contribution is 2.35. The first-order valence-corrected chi connectivity index (χ1v) is 10.7. The minimum atomic E-state index is -2.33. The molecule has 0 aromatic heterocycles. The molecule has 1 heterocycles. The van der Waals surface area contributed by atoms with E-state index in [0.717, 1.165) is 5.56 Å². The monoisotopic (exact) mass is 522 g/mol. The number of carbonyl (C=O) groups excluding carboxylic acids is 1. The lowest BCUT2D eigenvalue weighted by atomic mass is 10.1. The van der Waals surface area contributed by atoms with Crippen molar-refractivity contribution >= 4 is 35.0 Å². The molecule has 0 fully saturated rings. The molecule has 0 radical (unpaired) electrons. The Labute approximate surface area is 207 Å². The number of benzene rings is 3. The number of rotatable bonds is 6. The quantitative estimate of drug-likeness (QED) is 0.162. The molecule has 3 aromatic carbocycles. The van der Waals surface area contributed by atoms with E-state index in [2.05, 4.69) is 5.10 Å². The lowest BCUT2D eigenvalue weighted by Crippen LogP contribution is -2.25. The second-order valence-corrected chi connectivity index (χ2v) is 7.98. The van der Waals surface area contributed by atoms with Crippen molar-refractivity contribution in [2.24, 2.45) is 5.10 Å². The molecule has 4 rings (SSSR count). The molecule has 0 bridgehead atoms. The molecule has 0 atom stereocenters. The summed E-state index contributed by atoms with van der Waals surface area (Å²) >= 11 is 6.14. The molecule has 1 aliphatic rings. The summed E-state index contributed by atoms with van der Waals surface area (Å²) in [5.74, 6) is -11.4. The first-order valence-electron chi connectivity index (χ1n) is 10.3. The normalized spacial score (nSPS) is 14.4. The highest BCUT2D eigenvalue weighted by Gasteiger charge is 2.37. The second-order valence-electron chi connectivity index (χ2n) is 7.57. The maximum absolute atomic E-state index is 14.2. The minimum Gasteiger partial charge on any atom is -0.493 e. The van der Waals surface area contributed by atoms with Crippen LogP contribution in [-0.2, 0) is 11.4 Å². The largest absolute Gasteiger partial charge is 0.493 e. The maximum Gasteiger partial charge on any atom is 0.280 e. The molecule has 11 heteroatoms.